The first-order valence-electron chi connectivity index (χ1n) is 8.54. The Hall–Kier alpha value is -0.730. The quantitative estimate of drug-likeness (QED) is 0.705. The van der Waals surface area contributed by atoms with Gasteiger partial charge in [0.15, 0.2) is 0 Å². The van der Waals surface area contributed by atoms with Gasteiger partial charge >= 0.3 is 6.09 Å². The summed E-state index contributed by atoms with van der Waals surface area (Å²) in [7, 11) is 1.89. The molecule has 4 aliphatic carbocycles. The van der Waals surface area contributed by atoms with Gasteiger partial charge in [-0.15, -0.1) is 0 Å². The van der Waals surface area contributed by atoms with Crippen molar-refractivity contribution >= 4 is 6.09 Å². The van der Waals surface area contributed by atoms with E-state index in [-0.39, 0.29) is 11.7 Å². The predicted octanol–water partition coefficient (Wildman–Crippen LogP) is 4.21. The van der Waals surface area contributed by atoms with Crippen LogP contribution in [0, 0.1) is 17.8 Å². The third kappa shape index (κ3) is 2.82. The van der Waals surface area contributed by atoms with Crippen LogP contribution in [-0.2, 0) is 4.74 Å². The summed E-state index contributed by atoms with van der Waals surface area (Å²) in [6.45, 7) is 3.02. The highest BCUT2D eigenvalue weighted by Gasteiger charge is 2.53. The van der Waals surface area contributed by atoms with E-state index in [0.29, 0.717) is 0 Å². The number of amides is 1. The Kier molecular flexibility index (Phi) is 3.96. The van der Waals surface area contributed by atoms with Crippen LogP contribution in [0.2, 0.25) is 0 Å². The summed E-state index contributed by atoms with van der Waals surface area (Å²) in [5.74, 6) is 2.50. The lowest BCUT2D eigenvalue weighted by atomic mass is 9.54. The van der Waals surface area contributed by atoms with Crippen molar-refractivity contribution in [1.29, 1.82) is 0 Å². The second-order valence-corrected chi connectivity index (χ2v) is 7.60. The van der Waals surface area contributed by atoms with Gasteiger partial charge in [0.25, 0.3) is 0 Å². The molecular weight excluding hydrogens is 250 g/mol. The number of carbonyl (C=O) groups is 1. The van der Waals surface area contributed by atoms with E-state index in [1.807, 2.05) is 7.05 Å². The second-order valence-electron chi connectivity index (χ2n) is 7.60. The topological polar surface area (TPSA) is 29.5 Å². The Morgan fingerprint density at radius 3 is 2.15 bits per heavy atom. The van der Waals surface area contributed by atoms with Gasteiger partial charge in [-0.25, -0.2) is 4.79 Å². The van der Waals surface area contributed by atoms with Crippen molar-refractivity contribution in [3.05, 3.63) is 0 Å². The van der Waals surface area contributed by atoms with Gasteiger partial charge in [-0.2, -0.15) is 0 Å². The second kappa shape index (κ2) is 5.57. The molecule has 0 aromatic carbocycles. The van der Waals surface area contributed by atoms with Gasteiger partial charge in [0, 0.05) is 13.6 Å². The van der Waals surface area contributed by atoms with Crippen LogP contribution in [0.15, 0.2) is 0 Å². The van der Waals surface area contributed by atoms with Crippen molar-refractivity contribution in [3.8, 4) is 0 Å². The molecule has 4 fully saturated rings. The van der Waals surface area contributed by atoms with E-state index in [2.05, 4.69) is 6.92 Å². The first-order chi connectivity index (χ1) is 9.60. The smallest absolute Gasteiger partial charge is 0.410 e. The molecule has 3 nitrogen and oxygen atoms in total. The molecule has 0 radical (unpaired) electrons. The predicted molar refractivity (Wildman–Crippen MR) is 79.5 cm³/mol. The van der Waals surface area contributed by atoms with Gasteiger partial charge in [-0.3, -0.25) is 0 Å². The van der Waals surface area contributed by atoms with E-state index >= 15 is 0 Å². The van der Waals surface area contributed by atoms with Gasteiger partial charge in [-0.05, 0) is 62.7 Å². The van der Waals surface area contributed by atoms with Crippen LogP contribution < -0.4 is 0 Å². The maximum atomic E-state index is 12.3. The van der Waals surface area contributed by atoms with E-state index in [0.717, 1.165) is 50.0 Å². The molecule has 4 rings (SSSR count). The summed E-state index contributed by atoms with van der Waals surface area (Å²) in [4.78, 5) is 14.1. The van der Waals surface area contributed by atoms with Crippen LogP contribution in [0.4, 0.5) is 4.79 Å². The van der Waals surface area contributed by atoms with Gasteiger partial charge in [0.05, 0.1) is 0 Å². The zero-order chi connectivity index (χ0) is 14.2. The molecule has 0 unspecified atom stereocenters. The molecule has 3 heteroatoms. The Labute approximate surface area is 123 Å². The van der Waals surface area contributed by atoms with Crippen molar-refractivity contribution in [1.82, 2.24) is 4.90 Å². The highest BCUT2D eigenvalue weighted by atomic mass is 16.6. The molecule has 1 amide bonds. The van der Waals surface area contributed by atoms with Gasteiger partial charge in [0.2, 0.25) is 0 Å². The molecule has 0 heterocycles. The Bertz CT molecular complexity index is 331. The molecule has 4 saturated carbocycles. The van der Waals surface area contributed by atoms with Gasteiger partial charge in [-0.1, -0.05) is 19.8 Å². The molecule has 0 aliphatic heterocycles. The van der Waals surface area contributed by atoms with Crippen LogP contribution >= 0.6 is 0 Å². The van der Waals surface area contributed by atoms with Crippen molar-refractivity contribution < 1.29 is 9.53 Å². The summed E-state index contributed by atoms with van der Waals surface area (Å²) < 4.78 is 6.03. The molecule has 20 heavy (non-hydrogen) atoms. The number of hydrogen-bond acceptors (Lipinski definition) is 2. The molecule has 4 bridgehead atoms. The normalized spacial score (nSPS) is 38.0. The zero-order valence-electron chi connectivity index (χ0n) is 13.1. The zero-order valence-corrected chi connectivity index (χ0v) is 13.1. The minimum atomic E-state index is -0.0924. The van der Waals surface area contributed by atoms with Crippen molar-refractivity contribution in [2.75, 3.05) is 13.6 Å². The Morgan fingerprint density at radius 1 is 1.10 bits per heavy atom. The molecule has 4 aliphatic rings. The summed E-state index contributed by atoms with van der Waals surface area (Å²) >= 11 is 0. The fraction of sp³-hybridized carbons (Fsp3) is 0.941. The highest BCUT2D eigenvalue weighted by molar-refractivity contribution is 5.67. The van der Waals surface area contributed by atoms with Crippen molar-refractivity contribution in [2.45, 2.75) is 70.3 Å². The number of nitrogens with zero attached hydrogens (tertiary/aromatic N) is 1. The van der Waals surface area contributed by atoms with E-state index in [4.69, 9.17) is 4.74 Å². The number of ether oxygens (including phenoxy) is 1. The maximum absolute atomic E-state index is 12.3. The minimum absolute atomic E-state index is 0.0805. The van der Waals surface area contributed by atoms with E-state index in [1.165, 1.54) is 32.1 Å². The summed E-state index contributed by atoms with van der Waals surface area (Å²) in [5.41, 5.74) is -0.0924. The minimum Gasteiger partial charge on any atom is -0.443 e. The summed E-state index contributed by atoms with van der Waals surface area (Å²) in [6.07, 6.45) is 11.0. The summed E-state index contributed by atoms with van der Waals surface area (Å²) in [5, 5.41) is 0. The lowest BCUT2D eigenvalue weighted by Gasteiger charge is -2.55. The van der Waals surface area contributed by atoms with Crippen molar-refractivity contribution in [3.63, 3.8) is 0 Å². The van der Waals surface area contributed by atoms with Gasteiger partial charge < -0.3 is 9.64 Å². The number of unbranched alkanes of at least 4 members (excludes halogenated alkanes) is 2. The van der Waals surface area contributed by atoms with E-state index in [9.17, 15) is 4.79 Å². The fourth-order valence-corrected chi connectivity index (χ4v) is 5.11. The van der Waals surface area contributed by atoms with E-state index < -0.39 is 0 Å². The Morgan fingerprint density at radius 2 is 1.65 bits per heavy atom. The first-order valence-corrected chi connectivity index (χ1v) is 8.54. The Balaban J connectivity index is 1.55. The molecular formula is C17H29NO2. The van der Waals surface area contributed by atoms with Crippen LogP contribution in [0.25, 0.3) is 0 Å². The largest absolute Gasteiger partial charge is 0.443 e. The highest BCUT2D eigenvalue weighted by Crippen LogP contribution is 2.57. The van der Waals surface area contributed by atoms with Gasteiger partial charge in [0.1, 0.15) is 5.60 Å². The van der Waals surface area contributed by atoms with Crippen LogP contribution in [0.3, 0.4) is 0 Å². The third-order valence-electron chi connectivity index (χ3n) is 5.69. The molecule has 0 N–H and O–H groups in total. The molecule has 0 spiro atoms. The number of hydrogen-bond donors (Lipinski definition) is 0. The van der Waals surface area contributed by atoms with Crippen LogP contribution in [0.5, 0.6) is 0 Å². The standard InChI is InChI=1S/C17H29NO2/c1-3-4-5-6-18(2)16(19)20-17-10-13-7-14(11-17)9-15(8-13)12-17/h13-15H,3-12H2,1-2H3. The monoisotopic (exact) mass is 279 g/mol. The molecule has 0 aromatic heterocycles. The summed E-state index contributed by atoms with van der Waals surface area (Å²) in [6, 6.07) is 0. The first kappa shape index (κ1) is 14.2. The molecule has 0 aromatic rings. The SMILES string of the molecule is CCCCCN(C)C(=O)OC12CC3CC(CC(C3)C1)C2. The number of rotatable bonds is 5. The average molecular weight is 279 g/mol. The van der Waals surface area contributed by atoms with Crippen LogP contribution in [0.1, 0.15) is 64.7 Å². The van der Waals surface area contributed by atoms with E-state index in [1.54, 1.807) is 4.90 Å². The fourth-order valence-electron chi connectivity index (χ4n) is 5.11. The molecule has 0 atom stereocenters. The maximum Gasteiger partial charge on any atom is 0.410 e. The molecule has 0 saturated heterocycles. The lowest BCUT2D eigenvalue weighted by molar-refractivity contribution is -0.132. The van der Waals surface area contributed by atoms with Crippen molar-refractivity contribution in [2.24, 2.45) is 17.8 Å². The number of carbonyl (C=O) groups excluding carboxylic acids is 1. The average Bonchev–Trinajstić information content (AvgIpc) is 2.36. The third-order valence-corrected chi connectivity index (χ3v) is 5.69. The molecule has 114 valence electrons. The lowest BCUT2D eigenvalue weighted by Crippen LogP contribution is -2.53. The van der Waals surface area contributed by atoms with Crippen LogP contribution in [-0.4, -0.2) is 30.2 Å².